The number of nitrogens with zero attached hydrogens (tertiary/aromatic N) is 4. The van der Waals surface area contributed by atoms with E-state index in [1.54, 1.807) is 57.2 Å². The lowest BCUT2D eigenvalue weighted by molar-refractivity contribution is -0.116. The first-order valence-corrected chi connectivity index (χ1v) is 18.5. The van der Waals surface area contributed by atoms with Crippen LogP contribution < -0.4 is 11.1 Å². The number of phosphoric acid groups is 1. The molecule has 2 aromatic carbocycles. The highest BCUT2D eigenvalue weighted by atomic mass is 35.5. The number of halogens is 1. The van der Waals surface area contributed by atoms with Gasteiger partial charge in [-0.05, 0) is 89.9 Å². The average Bonchev–Trinajstić information content (AvgIpc) is 3.51. The zero-order valence-corrected chi connectivity index (χ0v) is 31.0. The standard InChI is InChI=1S/C35H40ClN6O5PS/c1-20(2)46-48(44,47-21(3)4)45-19-27-17-29(15-12-25(27)9-8-16-37)38-31(43)18-30-34-41-40-24(7)42(34)35-32(22(5)23(6)49-35)33(39-30)26-10-13-28(36)14-11-26/h10-15,17,20-21,30H,16,18-19,37H2,1-7H3,(H,38,43)/t30-/m0/s1. The Morgan fingerprint density at radius 2 is 1.78 bits per heavy atom. The van der Waals surface area contributed by atoms with Crippen LogP contribution in [0.2, 0.25) is 5.02 Å². The third kappa shape index (κ3) is 8.56. The molecule has 1 aliphatic heterocycles. The number of carbonyl (C=O) groups is 1. The van der Waals surface area contributed by atoms with Crippen LogP contribution in [-0.2, 0) is 29.5 Å². The number of hydrogen-bond donors (Lipinski definition) is 2. The third-order valence-corrected chi connectivity index (χ3v) is 10.8. The van der Waals surface area contributed by atoms with E-state index >= 15 is 0 Å². The van der Waals surface area contributed by atoms with Crippen LogP contribution in [0.25, 0.3) is 5.00 Å². The van der Waals surface area contributed by atoms with Gasteiger partial charge in [-0.3, -0.25) is 27.9 Å². The molecule has 3 heterocycles. The molecular formula is C35H40ClN6O5PS. The third-order valence-electron chi connectivity index (χ3n) is 7.51. The van der Waals surface area contributed by atoms with E-state index in [0.29, 0.717) is 33.5 Å². The number of nitrogens with two attached hydrogens (primary N) is 1. The molecule has 0 saturated carbocycles. The summed E-state index contributed by atoms with van der Waals surface area (Å²) in [6.07, 6.45) is -0.804. The molecule has 0 unspecified atom stereocenters. The van der Waals surface area contributed by atoms with Crippen LogP contribution >= 0.6 is 30.8 Å². The highest BCUT2D eigenvalue weighted by molar-refractivity contribution is 7.48. The predicted molar refractivity (Wildman–Crippen MR) is 194 cm³/mol. The van der Waals surface area contributed by atoms with E-state index in [2.05, 4.69) is 41.2 Å². The minimum absolute atomic E-state index is 0.0115. The first kappa shape index (κ1) is 36.6. The summed E-state index contributed by atoms with van der Waals surface area (Å²) < 4.78 is 32.2. The first-order valence-electron chi connectivity index (χ1n) is 15.9. The molecular weight excluding hydrogens is 683 g/mol. The minimum Gasteiger partial charge on any atom is -0.326 e. The quantitative estimate of drug-likeness (QED) is 0.119. The molecule has 0 saturated heterocycles. The van der Waals surface area contributed by atoms with Crippen LogP contribution in [0.5, 0.6) is 0 Å². The van der Waals surface area contributed by atoms with Crippen molar-refractivity contribution in [3.63, 3.8) is 0 Å². The smallest absolute Gasteiger partial charge is 0.326 e. The van der Waals surface area contributed by atoms with Crippen LogP contribution in [0, 0.1) is 32.6 Å². The number of aryl methyl sites for hydroxylation is 2. The summed E-state index contributed by atoms with van der Waals surface area (Å²) in [5, 5.41) is 13.4. The van der Waals surface area contributed by atoms with Gasteiger partial charge in [0, 0.05) is 32.3 Å². The molecule has 2 aromatic heterocycles. The van der Waals surface area contributed by atoms with Crippen molar-refractivity contribution in [2.24, 2.45) is 10.7 Å². The number of thiophene rings is 1. The van der Waals surface area contributed by atoms with Gasteiger partial charge in [-0.1, -0.05) is 35.6 Å². The van der Waals surface area contributed by atoms with E-state index in [4.69, 9.17) is 35.9 Å². The minimum atomic E-state index is -3.90. The molecule has 1 atom stereocenters. The molecule has 0 fully saturated rings. The molecule has 49 heavy (non-hydrogen) atoms. The number of rotatable bonds is 11. The summed E-state index contributed by atoms with van der Waals surface area (Å²) in [5.74, 6) is 6.84. The van der Waals surface area contributed by atoms with Crippen molar-refractivity contribution in [1.29, 1.82) is 0 Å². The monoisotopic (exact) mass is 722 g/mol. The van der Waals surface area contributed by atoms with E-state index in [9.17, 15) is 9.36 Å². The van der Waals surface area contributed by atoms with Gasteiger partial charge < -0.3 is 11.1 Å². The van der Waals surface area contributed by atoms with Gasteiger partial charge in [0.15, 0.2) is 5.82 Å². The average molecular weight is 723 g/mol. The van der Waals surface area contributed by atoms with E-state index < -0.39 is 26.1 Å². The Morgan fingerprint density at radius 1 is 1.08 bits per heavy atom. The second-order valence-electron chi connectivity index (χ2n) is 12.1. The molecule has 0 spiro atoms. The Balaban J connectivity index is 1.46. The van der Waals surface area contributed by atoms with Gasteiger partial charge in [-0.15, -0.1) is 21.5 Å². The number of aliphatic imine (C=N–C) groups is 1. The van der Waals surface area contributed by atoms with Gasteiger partial charge in [-0.25, -0.2) is 4.57 Å². The Morgan fingerprint density at radius 3 is 2.43 bits per heavy atom. The number of carbonyl (C=O) groups excluding carboxylic acids is 1. The molecule has 0 radical (unpaired) electrons. The first-order chi connectivity index (χ1) is 23.3. The summed E-state index contributed by atoms with van der Waals surface area (Å²) in [4.78, 5) is 20.1. The van der Waals surface area contributed by atoms with Gasteiger partial charge in [0.05, 0.1) is 37.5 Å². The molecule has 14 heteroatoms. The molecule has 11 nitrogen and oxygen atoms in total. The van der Waals surface area contributed by atoms with Gasteiger partial charge in [0.25, 0.3) is 0 Å². The summed E-state index contributed by atoms with van der Waals surface area (Å²) in [5.41, 5.74) is 11.0. The molecule has 4 aromatic rings. The Hall–Kier alpha value is -3.66. The summed E-state index contributed by atoms with van der Waals surface area (Å²) >= 11 is 7.88. The van der Waals surface area contributed by atoms with Gasteiger partial charge in [-0.2, -0.15) is 0 Å². The summed E-state index contributed by atoms with van der Waals surface area (Å²) in [6.45, 7) is 13.0. The highest BCUT2D eigenvalue weighted by Gasteiger charge is 2.33. The lowest BCUT2D eigenvalue weighted by atomic mass is 9.99. The van der Waals surface area contributed by atoms with E-state index in [1.165, 1.54) is 0 Å². The zero-order chi connectivity index (χ0) is 35.5. The summed E-state index contributed by atoms with van der Waals surface area (Å²) in [6, 6.07) is 12.1. The number of aromatic nitrogens is 3. The van der Waals surface area contributed by atoms with Crippen molar-refractivity contribution in [3.05, 3.63) is 91.8 Å². The van der Waals surface area contributed by atoms with Crippen LogP contribution in [-0.4, -0.2) is 45.1 Å². The Labute approximate surface area is 295 Å². The molecule has 258 valence electrons. The lowest BCUT2D eigenvalue weighted by Crippen LogP contribution is -2.17. The number of hydrogen-bond acceptors (Lipinski definition) is 10. The van der Waals surface area contributed by atoms with Crippen molar-refractivity contribution < 1.29 is 22.9 Å². The normalized spacial score (nSPS) is 14.2. The van der Waals surface area contributed by atoms with E-state index in [-0.39, 0.29) is 25.5 Å². The van der Waals surface area contributed by atoms with Crippen LogP contribution in [0.15, 0.2) is 47.5 Å². The van der Waals surface area contributed by atoms with E-state index in [1.807, 2.05) is 35.8 Å². The van der Waals surface area contributed by atoms with E-state index in [0.717, 1.165) is 32.3 Å². The Kier molecular flexibility index (Phi) is 11.6. The van der Waals surface area contributed by atoms with Gasteiger partial charge in [0.1, 0.15) is 16.9 Å². The molecule has 1 amide bonds. The molecule has 0 aliphatic carbocycles. The number of fused-ring (bicyclic) bond motifs is 3. The van der Waals surface area contributed by atoms with Gasteiger partial charge >= 0.3 is 7.82 Å². The van der Waals surface area contributed by atoms with Crippen LogP contribution in [0.4, 0.5) is 5.69 Å². The zero-order valence-electron chi connectivity index (χ0n) is 28.5. The van der Waals surface area contributed by atoms with Crippen molar-refractivity contribution in [2.45, 2.75) is 79.7 Å². The maximum Gasteiger partial charge on any atom is 0.475 e. The van der Waals surface area contributed by atoms with Gasteiger partial charge in [0.2, 0.25) is 5.91 Å². The van der Waals surface area contributed by atoms with Crippen molar-refractivity contribution in [1.82, 2.24) is 14.8 Å². The largest absolute Gasteiger partial charge is 0.475 e. The Bertz CT molecular complexity index is 1980. The second kappa shape index (κ2) is 15.5. The number of phosphoric ester groups is 1. The summed E-state index contributed by atoms with van der Waals surface area (Å²) in [7, 11) is -3.90. The number of nitrogens with one attached hydrogen (secondary N) is 1. The molecule has 3 N–H and O–H groups in total. The molecule has 5 rings (SSSR count). The molecule has 1 aliphatic rings. The van der Waals surface area contributed by atoms with Crippen molar-refractivity contribution in [2.75, 3.05) is 11.9 Å². The number of benzene rings is 2. The maximum atomic E-state index is 13.7. The number of amides is 1. The topological polar surface area (TPSA) is 143 Å². The fourth-order valence-corrected chi connectivity index (χ4v) is 8.17. The van der Waals surface area contributed by atoms with Crippen LogP contribution in [0.3, 0.4) is 0 Å². The fourth-order valence-electron chi connectivity index (χ4n) is 5.33. The van der Waals surface area contributed by atoms with Crippen molar-refractivity contribution >= 4 is 48.1 Å². The SMILES string of the molecule is Cc1sc2c(c1C)C(c1ccc(Cl)cc1)=N[C@@H](CC(=O)Nc1ccc(C#CCN)c(COP(=O)(OC(C)C)OC(C)C)c1)c1nnc(C)n1-2. The second-order valence-corrected chi connectivity index (χ2v) is 15.3. The van der Waals surface area contributed by atoms with Crippen molar-refractivity contribution in [3.8, 4) is 16.8 Å². The number of anilines is 1. The highest BCUT2D eigenvalue weighted by Crippen LogP contribution is 2.52. The fraction of sp³-hybridized carbons (Fsp3) is 0.371. The maximum absolute atomic E-state index is 13.7. The lowest BCUT2D eigenvalue weighted by Gasteiger charge is -2.22. The predicted octanol–water partition coefficient (Wildman–Crippen LogP) is 7.61. The molecule has 0 bridgehead atoms. The van der Waals surface area contributed by atoms with Crippen LogP contribution in [0.1, 0.15) is 84.5 Å².